The third-order valence-electron chi connectivity index (χ3n) is 2.27. The predicted octanol–water partition coefficient (Wildman–Crippen LogP) is 3.89. The molecule has 1 N–H and O–H groups in total. The molecule has 0 spiro atoms. The van der Waals surface area contributed by atoms with Gasteiger partial charge in [-0.2, -0.15) is 13.2 Å². The Balaban J connectivity index is 2.99. The van der Waals surface area contributed by atoms with Crippen LogP contribution in [0.4, 0.5) is 13.2 Å². The average Bonchev–Trinajstić information content (AvgIpc) is 2.14. The summed E-state index contributed by atoms with van der Waals surface area (Å²) in [5.41, 5.74) is 0. The van der Waals surface area contributed by atoms with Gasteiger partial charge in [-0.3, -0.25) is 0 Å². The zero-order valence-electron chi connectivity index (χ0n) is 9.50. The fraction of sp³-hybridized carbons (Fsp3) is 1.00. The van der Waals surface area contributed by atoms with E-state index in [4.69, 9.17) is 0 Å². The van der Waals surface area contributed by atoms with E-state index in [-0.39, 0.29) is 6.42 Å². The lowest BCUT2D eigenvalue weighted by molar-refractivity contribution is -0.135. The third-order valence-corrected chi connectivity index (χ3v) is 2.27. The smallest absolute Gasteiger partial charge is 0.317 e. The van der Waals surface area contributed by atoms with Crippen molar-refractivity contribution >= 4 is 0 Å². The molecule has 0 aliphatic carbocycles. The summed E-state index contributed by atoms with van der Waals surface area (Å²) >= 11 is 0. The van der Waals surface area contributed by atoms with Gasteiger partial charge in [-0.05, 0) is 25.9 Å². The van der Waals surface area contributed by atoms with Crippen molar-refractivity contribution in [3.05, 3.63) is 0 Å². The highest BCUT2D eigenvalue weighted by atomic mass is 19.4. The van der Waals surface area contributed by atoms with Crippen molar-refractivity contribution in [1.29, 1.82) is 0 Å². The SMILES string of the molecule is CCCCCCCNCCCC(F)(F)F. The first-order valence-electron chi connectivity index (χ1n) is 5.83. The minimum atomic E-state index is -4.00. The Morgan fingerprint density at radius 2 is 1.47 bits per heavy atom. The van der Waals surface area contributed by atoms with E-state index in [9.17, 15) is 13.2 Å². The number of alkyl halides is 3. The highest BCUT2D eigenvalue weighted by Gasteiger charge is 2.25. The third kappa shape index (κ3) is 13.8. The Labute approximate surface area is 90.4 Å². The van der Waals surface area contributed by atoms with E-state index in [2.05, 4.69) is 12.2 Å². The topological polar surface area (TPSA) is 12.0 Å². The number of hydrogen-bond acceptors (Lipinski definition) is 1. The summed E-state index contributed by atoms with van der Waals surface area (Å²) in [5.74, 6) is 0. The van der Waals surface area contributed by atoms with Gasteiger partial charge in [0.2, 0.25) is 0 Å². The minimum Gasteiger partial charge on any atom is -0.317 e. The van der Waals surface area contributed by atoms with Crippen LogP contribution >= 0.6 is 0 Å². The standard InChI is InChI=1S/C11H22F3N/c1-2-3-4-5-6-9-15-10-7-8-11(12,13)14/h15H,2-10H2,1H3. The first kappa shape index (κ1) is 14.8. The summed E-state index contributed by atoms with van der Waals surface area (Å²) in [6, 6.07) is 0. The number of rotatable bonds is 9. The van der Waals surface area contributed by atoms with Gasteiger partial charge in [0.25, 0.3) is 0 Å². The molecule has 0 fully saturated rings. The molecule has 0 radical (unpaired) electrons. The zero-order valence-corrected chi connectivity index (χ0v) is 9.50. The van der Waals surface area contributed by atoms with E-state index in [0.717, 1.165) is 13.0 Å². The predicted molar refractivity (Wildman–Crippen MR) is 56.9 cm³/mol. The van der Waals surface area contributed by atoms with E-state index in [1.807, 2.05) is 0 Å². The Morgan fingerprint density at radius 3 is 2.07 bits per heavy atom. The number of nitrogens with one attached hydrogen (secondary N) is 1. The Hall–Kier alpha value is -0.250. The van der Waals surface area contributed by atoms with Crippen molar-refractivity contribution in [2.45, 2.75) is 58.0 Å². The van der Waals surface area contributed by atoms with E-state index in [1.165, 1.54) is 25.7 Å². The van der Waals surface area contributed by atoms with Crippen LogP contribution in [0.3, 0.4) is 0 Å². The molecular weight excluding hydrogens is 203 g/mol. The van der Waals surface area contributed by atoms with Crippen LogP contribution < -0.4 is 5.32 Å². The summed E-state index contributed by atoms with van der Waals surface area (Å²) in [5, 5.41) is 3.03. The lowest BCUT2D eigenvalue weighted by Crippen LogP contribution is -2.19. The number of halogens is 3. The van der Waals surface area contributed by atoms with Crippen molar-refractivity contribution in [2.75, 3.05) is 13.1 Å². The summed E-state index contributed by atoms with van der Waals surface area (Å²) in [6.07, 6.45) is 1.50. The summed E-state index contributed by atoms with van der Waals surface area (Å²) in [6.45, 7) is 3.49. The molecular formula is C11H22F3N. The van der Waals surface area contributed by atoms with Crippen molar-refractivity contribution in [3.63, 3.8) is 0 Å². The molecule has 0 aliphatic rings. The van der Waals surface area contributed by atoms with Crippen LogP contribution in [0.2, 0.25) is 0 Å². The molecule has 0 amide bonds. The summed E-state index contributed by atoms with van der Waals surface area (Å²) < 4.78 is 35.2. The molecule has 0 atom stereocenters. The molecule has 0 saturated heterocycles. The average molecular weight is 225 g/mol. The maximum Gasteiger partial charge on any atom is 0.389 e. The van der Waals surface area contributed by atoms with Crippen molar-refractivity contribution in [1.82, 2.24) is 5.32 Å². The lowest BCUT2D eigenvalue weighted by Gasteiger charge is -2.07. The van der Waals surface area contributed by atoms with Crippen molar-refractivity contribution in [3.8, 4) is 0 Å². The molecule has 92 valence electrons. The van der Waals surface area contributed by atoms with Gasteiger partial charge in [-0.15, -0.1) is 0 Å². The molecule has 0 saturated carbocycles. The Morgan fingerprint density at radius 1 is 0.867 bits per heavy atom. The second-order valence-corrected chi connectivity index (χ2v) is 3.88. The maximum absolute atomic E-state index is 11.7. The first-order valence-corrected chi connectivity index (χ1v) is 5.83. The maximum atomic E-state index is 11.7. The van der Waals surface area contributed by atoms with Gasteiger partial charge in [-0.1, -0.05) is 32.6 Å². The lowest BCUT2D eigenvalue weighted by atomic mass is 10.1. The van der Waals surface area contributed by atoms with E-state index < -0.39 is 12.6 Å². The minimum absolute atomic E-state index is 0.193. The van der Waals surface area contributed by atoms with E-state index in [0.29, 0.717) is 6.54 Å². The molecule has 0 heterocycles. The second kappa shape index (κ2) is 9.01. The fourth-order valence-corrected chi connectivity index (χ4v) is 1.39. The number of unbranched alkanes of at least 4 members (excludes halogenated alkanes) is 4. The van der Waals surface area contributed by atoms with Gasteiger partial charge in [0.1, 0.15) is 0 Å². The molecule has 0 aromatic carbocycles. The van der Waals surface area contributed by atoms with Gasteiger partial charge in [0.15, 0.2) is 0 Å². The summed E-state index contributed by atoms with van der Waals surface area (Å²) in [4.78, 5) is 0. The molecule has 0 unspecified atom stereocenters. The Bertz CT molecular complexity index is 134. The van der Waals surface area contributed by atoms with Gasteiger partial charge >= 0.3 is 6.18 Å². The van der Waals surface area contributed by atoms with Crippen molar-refractivity contribution < 1.29 is 13.2 Å². The summed E-state index contributed by atoms with van der Waals surface area (Å²) in [7, 11) is 0. The van der Waals surface area contributed by atoms with Crippen LogP contribution in [0.25, 0.3) is 0 Å². The van der Waals surface area contributed by atoms with Gasteiger partial charge < -0.3 is 5.32 Å². The normalized spacial score (nSPS) is 12.0. The zero-order chi connectivity index (χ0) is 11.6. The van der Waals surface area contributed by atoms with E-state index >= 15 is 0 Å². The Kier molecular flexibility index (Phi) is 8.86. The first-order chi connectivity index (χ1) is 7.06. The molecule has 0 rings (SSSR count). The molecule has 1 nitrogen and oxygen atoms in total. The molecule has 0 bridgehead atoms. The highest BCUT2D eigenvalue weighted by molar-refractivity contribution is 4.54. The number of hydrogen-bond donors (Lipinski definition) is 1. The van der Waals surface area contributed by atoms with Crippen molar-refractivity contribution in [2.24, 2.45) is 0 Å². The van der Waals surface area contributed by atoms with Crippen LogP contribution in [-0.2, 0) is 0 Å². The monoisotopic (exact) mass is 225 g/mol. The van der Waals surface area contributed by atoms with Crippen LogP contribution in [0, 0.1) is 0 Å². The second-order valence-electron chi connectivity index (χ2n) is 3.88. The largest absolute Gasteiger partial charge is 0.389 e. The van der Waals surface area contributed by atoms with Crippen LogP contribution in [-0.4, -0.2) is 19.3 Å². The van der Waals surface area contributed by atoms with Gasteiger partial charge in [-0.25, -0.2) is 0 Å². The molecule has 0 aliphatic heterocycles. The van der Waals surface area contributed by atoms with Crippen LogP contribution in [0.1, 0.15) is 51.9 Å². The molecule has 0 aromatic rings. The fourth-order valence-electron chi connectivity index (χ4n) is 1.39. The molecule has 15 heavy (non-hydrogen) atoms. The molecule has 0 aromatic heterocycles. The van der Waals surface area contributed by atoms with Gasteiger partial charge in [0.05, 0.1) is 0 Å². The highest BCUT2D eigenvalue weighted by Crippen LogP contribution is 2.20. The van der Waals surface area contributed by atoms with E-state index in [1.54, 1.807) is 0 Å². The van der Waals surface area contributed by atoms with Gasteiger partial charge in [0, 0.05) is 6.42 Å². The van der Waals surface area contributed by atoms with Crippen LogP contribution in [0.5, 0.6) is 0 Å². The molecule has 4 heteroatoms. The quantitative estimate of drug-likeness (QED) is 0.587. The van der Waals surface area contributed by atoms with Crippen LogP contribution in [0.15, 0.2) is 0 Å².